The van der Waals surface area contributed by atoms with Crippen LogP contribution in [-0.2, 0) is 4.79 Å². The number of nitrogens with two attached hydrogens (primary N) is 1. The summed E-state index contributed by atoms with van der Waals surface area (Å²) in [5.41, 5.74) is 7.10. The van der Waals surface area contributed by atoms with Crippen molar-refractivity contribution in [2.75, 3.05) is 11.4 Å². The number of carboxylic acids is 1. The number of nitrogens with zero attached hydrogens (tertiary/aromatic N) is 1. The summed E-state index contributed by atoms with van der Waals surface area (Å²) in [4.78, 5) is 24.9. The van der Waals surface area contributed by atoms with Gasteiger partial charge in [0.05, 0.1) is 0 Å². The molecule has 0 aromatic heterocycles. The highest BCUT2D eigenvalue weighted by atomic mass is 16.4. The summed E-state index contributed by atoms with van der Waals surface area (Å²) in [6.45, 7) is 6.50. The van der Waals surface area contributed by atoms with E-state index in [0.29, 0.717) is 12.1 Å². The van der Waals surface area contributed by atoms with E-state index in [0.717, 1.165) is 24.1 Å². The van der Waals surface area contributed by atoms with Gasteiger partial charge < -0.3 is 15.7 Å². The fourth-order valence-corrected chi connectivity index (χ4v) is 3.24. The highest BCUT2D eigenvalue weighted by Crippen LogP contribution is 2.38. The van der Waals surface area contributed by atoms with Crippen molar-refractivity contribution in [2.45, 2.75) is 39.7 Å². The lowest BCUT2D eigenvalue weighted by Gasteiger charge is -2.45. The number of rotatable bonds is 3. The van der Waals surface area contributed by atoms with Crippen molar-refractivity contribution in [2.24, 2.45) is 11.1 Å². The van der Waals surface area contributed by atoms with Gasteiger partial charge in [-0.05, 0) is 48.9 Å². The molecule has 5 nitrogen and oxygen atoms in total. The molecule has 1 saturated heterocycles. The van der Waals surface area contributed by atoms with Crippen molar-refractivity contribution in [3.05, 3.63) is 29.3 Å². The van der Waals surface area contributed by atoms with Crippen molar-refractivity contribution in [1.29, 1.82) is 0 Å². The van der Waals surface area contributed by atoms with Crippen molar-refractivity contribution >= 4 is 17.6 Å². The van der Waals surface area contributed by atoms with Crippen molar-refractivity contribution < 1.29 is 14.7 Å². The molecule has 1 aliphatic heterocycles. The summed E-state index contributed by atoms with van der Waals surface area (Å²) in [6, 6.07) is 4.74. The summed E-state index contributed by atoms with van der Waals surface area (Å²) >= 11 is 0. The molecule has 1 aromatic rings. The molecule has 1 fully saturated rings. The summed E-state index contributed by atoms with van der Waals surface area (Å²) in [6.07, 6.45) is 1.84. The third-order valence-corrected chi connectivity index (χ3v) is 4.31. The van der Waals surface area contributed by atoms with Gasteiger partial charge in [-0.25, -0.2) is 4.79 Å². The zero-order valence-corrected chi connectivity index (χ0v) is 12.7. The topological polar surface area (TPSA) is 83.6 Å². The number of primary amides is 1. The Morgan fingerprint density at radius 2 is 2.05 bits per heavy atom. The molecule has 0 saturated carbocycles. The van der Waals surface area contributed by atoms with E-state index in [9.17, 15) is 14.7 Å². The van der Waals surface area contributed by atoms with Crippen LogP contribution in [-0.4, -0.2) is 29.6 Å². The average molecular weight is 290 g/mol. The van der Waals surface area contributed by atoms with Crippen LogP contribution in [0.4, 0.5) is 5.69 Å². The van der Waals surface area contributed by atoms with E-state index in [2.05, 4.69) is 0 Å². The molecule has 1 amide bonds. The van der Waals surface area contributed by atoms with Crippen LogP contribution in [0.2, 0.25) is 0 Å². The molecule has 1 atom stereocenters. The predicted molar refractivity (Wildman–Crippen MR) is 81.5 cm³/mol. The molecule has 1 heterocycles. The second-order valence-corrected chi connectivity index (χ2v) is 6.39. The third-order valence-electron chi connectivity index (χ3n) is 4.31. The number of carboxylic acid groups (broad SMARTS) is 1. The molecule has 1 aromatic carbocycles. The third kappa shape index (κ3) is 2.86. The lowest BCUT2D eigenvalue weighted by molar-refractivity contribution is -0.142. The van der Waals surface area contributed by atoms with Crippen LogP contribution in [0, 0.1) is 12.3 Å². The molecule has 2 rings (SSSR count). The molecular weight excluding hydrogens is 268 g/mol. The predicted octanol–water partition coefficient (Wildman–Crippen LogP) is 2.17. The van der Waals surface area contributed by atoms with E-state index >= 15 is 0 Å². The second kappa shape index (κ2) is 5.39. The van der Waals surface area contributed by atoms with E-state index in [-0.39, 0.29) is 5.41 Å². The number of benzene rings is 1. The molecule has 0 spiro atoms. The van der Waals surface area contributed by atoms with E-state index in [1.54, 1.807) is 12.1 Å². The number of hydrogen-bond donors (Lipinski definition) is 2. The Kier molecular flexibility index (Phi) is 3.94. The van der Waals surface area contributed by atoms with Gasteiger partial charge in [0.1, 0.15) is 6.04 Å². The number of carbonyl (C=O) groups excluding carboxylic acids is 1. The Bertz CT molecular complexity index is 581. The van der Waals surface area contributed by atoms with Gasteiger partial charge in [0.2, 0.25) is 5.91 Å². The second-order valence-electron chi connectivity index (χ2n) is 6.39. The first-order valence-corrected chi connectivity index (χ1v) is 7.14. The largest absolute Gasteiger partial charge is 0.480 e. The van der Waals surface area contributed by atoms with Gasteiger partial charge in [-0.3, -0.25) is 4.79 Å². The molecule has 0 radical (unpaired) electrons. The van der Waals surface area contributed by atoms with Crippen LogP contribution >= 0.6 is 0 Å². The first-order valence-electron chi connectivity index (χ1n) is 7.14. The summed E-state index contributed by atoms with van der Waals surface area (Å²) < 4.78 is 0. The summed E-state index contributed by atoms with van der Waals surface area (Å²) in [7, 11) is 0. The first kappa shape index (κ1) is 15.4. The van der Waals surface area contributed by atoms with Gasteiger partial charge in [-0.2, -0.15) is 0 Å². The number of amides is 1. The number of piperidine rings is 1. The maximum Gasteiger partial charge on any atom is 0.326 e. The minimum Gasteiger partial charge on any atom is -0.480 e. The van der Waals surface area contributed by atoms with Gasteiger partial charge in [0, 0.05) is 17.8 Å². The number of carbonyl (C=O) groups is 2. The molecule has 1 aliphatic rings. The lowest BCUT2D eigenvalue weighted by Crippen LogP contribution is -2.54. The van der Waals surface area contributed by atoms with Crippen LogP contribution in [0.3, 0.4) is 0 Å². The Balaban J connectivity index is 2.41. The smallest absolute Gasteiger partial charge is 0.326 e. The van der Waals surface area contributed by atoms with Crippen molar-refractivity contribution in [3.63, 3.8) is 0 Å². The van der Waals surface area contributed by atoms with Gasteiger partial charge >= 0.3 is 5.97 Å². The summed E-state index contributed by atoms with van der Waals surface area (Å²) in [5, 5.41) is 9.60. The molecule has 0 bridgehead atoms. The quantitative estimate of drug-likeness (QED) is 0.893. The molecule has 1 unspecified atom stereocenters. The molecule has 0 aliphatic carbocycles. The van der Waals surface area contributed by atoms with Crippen LogP contribution in [0.15, 0.2) is 18.2 Å². The van der Waals surface area contributed by atoms with Crippen LogP contribution in [0.25, 0.3) is 0 Å². The number of hydrogen-bond acceptors (Lipinski definition) is 3. The number of aliphatic carboxylic acids is 1. The molecule has 21 heavy (non-hydrogen) atoms. The lowest BCUT2D eigenvalue weighted by atomic mass is 9.76. The van der Waals surface area contributed by atoms with Gasteiger partial charge in [-0.1, -0.05) is 13.8 Å². The number of anilines is 1. The van der Waals surface area contributed by atoms with Gasteiger partial charge in [0.15, 0.2) is 0 Å². The Morgan fingerprint density at radius 3 is 2.57 bits per heavy atom. The molecule has 114 valence electrons. The average Bonchev–Trinajstić information content (AvgIpc) is 2.36. The molecule has 3 N–H and O–H groups in total. The zero-order chi connectivity index (χ0) is 15.8. The normalized spacial score (nSPS) is 21.1. The summed E-state index contributed by atoms with van der Waals surface area (Å²) in [5.74, 6) is -1.27. The molecule has 5 heteroatoms. The minimum absolute atomic E-state index is 0.291. The standard InChI is InChI=1S/C16H22N2O3/c1-10-9-11(5-6-12(10)14(17)19)18-8-4-7-16(2,3)13(18)15(20)21/h5-6,9,13H,4,7-8H2,1-3H3,(H2,17,19)(H,20,21). The highest BCUT2D eigenvalue weighted by Gasteiger charge is 2.42. The van der Waals surface area contributed by atoms with E-state index in [1.165, 1.54) is 0 Å². The van der Waals surface area contributed by atoms with Gasteiger partial charge in [-0.15, -0.1) is 0 Å². The van der Waals surface area contributed by atoms with E-state index < -0.39 is 17.9 Å². The Hall–Kier alpha value is -2.04. The monoisotopic (exact) mass is 290 g/mol. The van der Waals surface area contributed by atoms with Crippen LogP contribution < -0.4 is 10.6 Å². The fourth-order valence-electron chi connectivity index (χ4n) is 3.24. The van der Waals surface area contributed by atoms with Crippen LogP contribution in [0.5, 0.6) is 0 Å². The number of aryl methyl sites for hydroxylation is 1. The van der Waals surface area contributed by atoms with Crippen molar-refractivity contribution in [3.8, 4) is 0 Å². The Morgan fingerprint density at radius 1 is 1.38 bits per heavy atom. The van der Waals surface area contributed by atoms with E-state index in [1.807, 2.05) is 31.7 Å². The van der Waals surface area contributed by atoms with Gasteiger partial charge in [0.25, 0.3) is 0 Å². The Labute approximate surface area is 124 Å². The highest BCUT2D eigenvalue weighted by molar-refractivity contribution is 5.94. The maximum atomic E-state index is 11.7. The van der Waals surface area contributed by atoms with E-state index in [4.69, 9.17) is 5.73 Å². The SMILES string of the molecule is Cc1cc(N2CCCC(C)(C)C2C(=O)O)ccc1C(N)=O. The maximum absolute atomic E-state index is 11.7. The van der Waals surface area contributed by atoms with Crippen molar-refractivity contribution in [1.82, 2.24) is 0 Å². The van der Waals surface area contributed by atoms with Crippen LogP contribution in [0.1, 0.15) is 42.6 Å². The first-order chi connectivity index (χ1) is 9.74. The molecular formula is C16H22N2O3. The zero-order valence-electron chi connectivity index (χ0n) is 12.7. The fraction of sp³-hybridized carbons (Fsp3) is 0.500. The minimum atomic E-state index is -0.809.